The minimum Gasteiger partial charge on any atom is -0.444 e. The molecule has 1 aliphatic carbocycles. The van der Waals surface area contributed by atoms with E-state index in [1.807, 2.05) is 20.8 Å². The van der Waals surface area contributed by atoms with E-state index in [9.17, 15) is 9.59 Å². The molecular weight excluding hydrogens is 194 g/mol. The molecule has 1 aliphatic heterocycles. The lowest BCUT2D eigenvalue weighted by Gasteiger charge is -2.56. The first kappa shape index (κ1) is 10.5. The van der Waals surface area contributed by atoms with Gasteiger partial charge in [0.1, 0.15) is 11.4 Å². The molecule has 0 aromatic heterocycles. The van der Waals surface area contributed by atoms with E-state index >= 15 is 0 Å². The van der Waals surface area contributed by atoms with Gasteiger partial charge in [0.05, 0.1) is 5.54 Å². The SMILES string of the molecule is CC(C)(C)OC(=O)N1CCC12CC(=O)C2. The van der Waals surface area contributed by atoms with E-state index in [0.29, 0.717) is 12.8 Å². The van der Waals surface area contributed by atoms with E-state index in [4.69, 9.17) is 4.74 Å². The van der Waals surface area contributed by atoms with Crippen molar-refractivity contribution in [3.05, 3.63) is 0 Å². The van der Waals surface area contributed by atoms with Gasteiger partial charge in [0.25, 0.3) is 0 Å². The van der Waals surface area contributed by atoms with Crippen molar-refractivity contribution in [3.63, 3.8) is 0 Å². The number of Topliss-reactive ketones (excluding diaryl/α,β-unsaturated/α-hetero) is 1. The highest BCUT2D eigenvalue weighted by molar-refractivity contribution is 5.90. The molecule has 1 saturated carbocycles. The Morgan fingerprint density at radius 2 is 2.00 bits per heavy atom. The summed E-state index contributed by atoms with van der Waals surface area (Å²) >= 11 is 0. The Bertz CT molecular complexity index is 308. The van der Waals surface area contributed by atoms with Crippen LogP contribution in [0.2, 0.25) is 0 Å². The van der Waals surface area contributed by atoms with Gasteiger partial charge in [-0.05, 0) is 27.2 Å². The Balaban J connectivity index is 1.95. The second-order valence-electron chi connectivity index (χ2n) is 5.50. The van der Waals surface area contributed by atoms with E-state index in [2.05, 4.69) is 0 Å². The van der Waals surface area contributed by atoms with Gasteiger partial charge >= 0.3 is 6.09 Å². The van der Waals surface area contributed by atoms with Gasteiger partial charge in [-0.15, -0.1) is 0 Å². The van der Waals surface area contributed by atoms with Crippen molar-refractivity contribution < 1.29 is 14.3 Å². The van der Waals surface area contributed by atoms with Crippen LogP contribution < -0.4 is 0 Å². The second kappa shape index (κ2) is 2.97. The Morgan fingerprint density at radius 3 is 2.33 bits per heavy atom. The summed E-state index contributed by atoms with van der Waals surface area (Å²) in [5.41, 5.74) is -0.624. The van der Waals surface area contributed by atoms with Crippen LogP contribution in [0, 0.1) is 0 Å². The monoisotopic (exact) mass is 211 g/mol. The van der Waals surface area contributed by atoms with Gasteiger partial charge in [-0.1, -0.05) is 0 Å². The van der Waals surface area contributed by atoms with Gasteiger partial charge < -0.3 is 9.64 Å². The molecule has 4 heteroatoms. The topological polar surface area (TPSA) is 46.6 Å². The number of hydrogen-bond donors (Lipinski definition) is 0. The summed E-state index contributed by atoms with van der Waals surface area (Å²) in [7, 11) is 0. The van der Waals surface area contributed by atoms with Crippen molar-refractivity contribution in [1.82, 2.24) is 4.90 Å². The Hall–Kier alpha value is -1.06. The van der Waals surface area contributed by atoms with Gasteiger partial charge in [0.15, 0.2) is 0 Å². The van der Waals surface area contributed by atoms with E-state index in [1.54, 1.807) is 4.90 Å². The fraction of sp³-hybridized carbons (Fsp3) is 0.818. The minimum atomic E-state index is -0.457. The molecule has 1 saturated heterocycles. The maximum Gasteiger partial charge on any atom is 0.410 e. The summed E-state index contributed by atoms with van der Waals surface area (Å²) < 4.78 is 5.28. The summed E-state index contributed by atoms with van der Waals surface area (Å²) in [6, 6.07) is 0. The third-order valence-electron chi connectivity index (χ3n) is 3.04. The van der Waals surface area contributed by atoms with Crippen LogP contribution in [0.15, 0.2) is 0 Å². The number of carbonyl (C=O) groups excluding carboxylic acids is 2. The quantitative estimate of drug-likeness (QED) is 0.613. The molecule has 0 unspecified atom stereocenters. The van der Waals surface area contributed by atoms with Crippen molar-refractivity contribution in [2.24, 2.45) is 0 Å². The van der Waals surface area contributed by atoms with Gasteiger partial charge in [-0.3, -0.25) is 4.79 Å². The number of ketones is 1. The van der Waals surface area contributed by atoms with Crippen LogP contribution >= 0.6 is 0 Å². The number of hydrogen-bond acceptors (Lipinski definition) is 3. The standard InChI is InChI=1S/C11H17NO3/c1-10(2,3)15-9(14)12-5-4-11(12)6-8(13)7-11/h4-7H2,1-3H3. The number of likely N-dealkylation sites (tertiary alicyclic amines) is 1. The zero-order chi connectivity index (χ0) is 11.3. The molecule has 0 radical (unpaired) electrons. The molecule has 1 spiro atoms. The van der Waals surface area contributed by atoms with E-state index in [1.165, 1.54) is 0 Å². The molecule has 2 fully saturated rings. The molecule has 0 aromatic rings. The van der Waals surface area contributed by atoms with Crippen LogP contribution in [0.25, 0.3) is 0 Å². The number of carbonyl (C=O) groups is 2. The van der Waals surface area contributed by atoms with Crippen LogP contribution in [0.1, 0.15) is 40.0 Å². The lowest BCUT2D eigenvalue weighted by Crippen LogP contribution is -2.68. The van der Waals surface area contributed by atoms with Crippen molar-refractivity contribution in [2.75, 3.05) is 6.54 Å². The van der Waals surface area contributed by atoms with Crippen LogP contribution in [-0.2, 0) is 9.53 Å². The van der Waals surface area contributed by atoms with Gasteiger partial charge in [0, 0.05) is 19.4 Å². The lowest BCUT2D eigenvalue weighted by molar-refractivity contribution is -0.144. The Kier molecular flexibility index (Phi) is 2.07. The van der Waals surface area contributed by atoms with Crippen LogP contribution in [0.3, 0.4) is 0 Å². The Labute approximate surface area is 89.6 Å². The number of ether oxygens (including phenoxy) is 1. The number of nitrogens with zero attached hydrogens (tertiary/aromatic N) is 1. The molecule has 2 aliphatic rings. The molecule has 4 nitrogen and oxygen atoms in total. The van der Waals surface area contributed by atoms with Crippen LogP contribution in [-0.4, -0.2) is 34.5 Å². The molecule has 0 aromatic carbocycles. The fourth-order valence-corrected chi connectivity index (χ4v) is 2.19. The average molecular weight is 211 g/mol. The zero-order valence-electron chi connectivity index (χ0n) is 9.50. The first-order chi connectivity index (χ1) is 6.82. The summed E-state index contributed by atoms with van der Waals surface area (Å²) in [6.45, 7) is 6.28. The molecular formula is C11H17NO3. The molecule has 15 heavy (non-hydrogen) atoms. The predicted molar refractivity (Wildman–Crippen MR) is 54.5 cm³/mol. The Morgan fingerprint density at radius 1 is 1.40 bits per heavy atom. The van der Waals surface area contributed by atoms with E-state index in [-0.39, 0.29) is 17.4 Å². The first-order valence-electron chi connectivity index (χ1n) is 5.35. The fourth-order valence-electron chi connectivity index (χ4n) is 2.19. The van der Waals surface area contributed by atoms with Gasteiger partial charge in [0.2, 0.25) is 0 Å². The van der Waals surface area contributed by atoms with Crippen molar-refractivity contribution >= 4 is 11.9 Å². The summed E-state index contributed by atoms with van der Waals surface area (Å²) in [6.07, 6.45) is 1.71. The van der Waals surface area contributed by atoms with Gasteiger partial charge in [-0.2, -0.15) is 0 Å². The summed E-state index contributed by atoms with van der Waals surface area (Å²) in [5, 5.41) is 0. The van der Waals surface area contributed by atoms with Crippen molar-refractivity contribution in [3.8, 4) is 0 Å². The largest absolute Gasteiger partial charge is 0.444 e. The van der Waals surface area contributed by atoms with E-state index in [0.717, 1.165) is 13.0 Å². The highest BCUT2D eigenvalue weighted by atomic mass is 16.6. The third-order valence-corrected chi connectivity index (χ3v) is 3.04. The predicted octanol–water partition coefficient (Wildman–Crippen LogP) is 1.73. The highest BCUT2D eigenvalue weighted by Crippen LogP contribution is 2.45. The third kappa shape index (κ3) is 1.73. The van der Waals surface area contributed by atoms with Crippen molar-refractivity contribution in [2.45, 2.75) is 51.2 Å². The molecule has 0 atom stereocenters. The molecule has 1 heterocycles. The maximum absolute atomic E-state index is 11.7. The molecule has 1 amide bonds. The minimum absolute atomic E-state index is 0.167. The zero-order valence-corrected chi connectivity index (χ0v) is 9.50. The first-order valence-corrected chi connectivity index (χ1v) is 5.35. The summed E-state index contributed by atoms with van der Waals surface area (Å²) in [4.78, 5) is 24.4. The van der Waals surface area contributed by atoms with Crippen LogP contribution in [0.5, 0.6) is 0 Å². The van der Waals surface area contributed by atoms with Gasteiger partial charge in [-0.25, -0.2) is 4.79 Å². The van der Waals surface area contributed by atoms with E-state index < -0.39 is 5.60 Å². The highest BCUT2D eigenvalue weighted by Gasteiger charge is 2.56. The number of amides is 1. The summed E-state index contributed by atoms with van der Waals surface area (Å²) in [5.74, 6) is 0.253. The molecule has 0 bridgehead atoms. The van der Waals surface area contributed by atoms with Crippen LogP contribution in [0.4, 0.5) is 4.79 Å². The number of rotatable bonds is 0. The smallest absolute Gasteiger partial charge is 0.410 e. The molecule has 0 N–H and O–H groups in total. The van der Waals surface area contributed by atoms with Crippen molar-refractivity contribution in [1.29, 1.82) is 0 Å². The normalized spacial score (nSPS) is 23.4. The average Bonchev–Trinajstić information content (AvgIpc) is 1.91. The maximum atomic E-state index is 11.7. The molecule has 84 valence electrons. The molecule has 2 rings (SSSR count). The lowest BCUT2D eigenvalue weighted by atomic mass is 9.67. The second-order valence-corrected chi connectivity index (χ2v) is 5.50.